The van der Waals surface area contributed by atoms with Crippen LogP contribution in [0.2, 0.25) is 5.02 Å². The Morgan fingerprint density at radius 1 is 1.38 bits per heavy atom. The van der Waals surface area contributed by atoms with Crippen molar-refractivity contribution in [3.63, 3.8) is 0 Å². The van der Waals surface area contributed by atoms with E-state index in [0.717, 1.165) is 30.1 Å². The van der Waals surface area contributed by atoms with Gasteiger partial charge in [0.05, 0.1) is 23.0 Å². The molecule has 0 aliphatic carbocycles. The van der Waals surface area contributed by atoms with Gasteiger partial charge in [0, 0.05) is 12.1 Å². The molecule has 0 saturated carbocycles. The highest BCUT2D eigenvalue weighted by Crippen LogP contribution is 2.38. The summed E-state index contributed by atoms with van der Waals surface area (Å²) in [4.78, 5) is 2.62. The number of rotatable bonds is 7. The highest BCUT2D eigenvalue weighted by atomic mass is 35.5. The van der Waals surface area contributed by atoms with Crippen LogP contribution in [-0.2, 0) is 6.54 Å². The summed E-state index contributed by atoms with van der Waals surface area (Å²) in [5.74, 6) is 0. The van der Waals surface area contributed by atoms with E-state index in [2.05, 4.69) is 40.8 Å². The monoisotopic (exact) mass is 312 g/mol. The minimum absolute atomic E-state index is 0.0699. The summed E-state index contributed by atoms with van der Waals surface area (Å²) in [5, 5.41) is 8.78. The first-order chi connectivity index (χ1) is 10.1. The maximum atomic E-state index is 6.48. The Morgan fingerprint density at radius 3 is 2.57 bits per heavy atom. The van der Waals surface area contributed by atoms with E-state index in [9.17, 15) is 0 Å². The molecule has 2 heterocycles. The molecular weight excluding hydrogens is 284 g/mol. The highest BCUT2D eigenvalue weighted by Gasteiger charge is 2.41. The zero-order valence-corrected chi connectivity index (χ0v) is 14.6. The Balaban J connectivity index is 2.39. The maximum Gasteiger partial charge on any atom is 0.0834 e. The Bertz CT molecular complexity index is 453. The third-order valence-electron chi connectivity index (χ3n) is 5.00. The Morgan fingerprint density at radius 2 is 2.05 bits per heavy atom. The molecule has 5 heteroatoms. The fourth-order valence-corrected chi connectivity index (χ4v) is 3.88. The van der Waals surface area contributed by atoms with Crippen LogP contribution in [0.5, 0.6) is 0 Å². The van der Waals surface area contributed by atoms with Crippen LogP contribution in [0.1, 0.15) is 58.2 Å². The van der Waals surface area contributed by atoms with Crippen LogP contribution < -0.4 is 5.32 Å². The van der Waals surface area contributed by atoms with Gasteiger partial charge in [-0.3, -0.25) is 9.58 Å². The third-order valence-corrected chi connectivity index (χ3v) is 5.29. The van der Waals surface area contributed by atoms with Gasteiger partial charge in [-0.25, -0.2) is 0 Å². The molecule has 0 aromatic carbocycles. The van der Waals surface area contributed by atoms with Crippen molar-refractivity contribution in [2.45, 2.75) is 64.6 Å². The molecule has 2 rings (SSSR count). The quantitative estimate of drug-likeness (QED) is 0.837. The summed E-state index contributed by atoms with van der Waals surface area (Å²) in [7, 11) is 2.04. The Labute approximate surface area is 133 Å². The highest BCUT2D eigenvalue weighted by molar-refractivity contribution is 6.31. The number of nitrogens with one attached hydrogen (secondary N) is 1. The summed E-state index contributed by atoms with van der Waals surface area (Å²) < 4.78 is 2.08. The second-order valence-corrected chi connectivity index (χ2v) is 6.63. The molecule has 1 aliphatic rings. The third kappa shape index (κ3) is 3.13. The lowest BCUT2D eigenvalue weighted by atomic mass is 9.85. The number of nitrogens with zero attached hydrogens (tertiary/aromatic N) is 3. The lowest BCUT2D eigenvalue weighted by molar-refractivity contribution is 0.0835. The van der Waals surface area contributed by atoms with E-state index in [4.69, 9.17) is 11.6 Å². The normalized spacial score (nSPS) is 20.6. The van der Waals surface area contributed by atoms with Crippen LogP contribution in [0.4, 0.5) is 0 Å². The number of hydrogen-bond donors (Lipinski definition) is 1. The van der Waals surface area contributed by atoms with Crippen molar-refractivity contribution in [2.75, 3.05) is 20.1 Å². The molecule has 1 fully saturated rings. The fourth-order valence-electron chi connectivity index (χ4n) is 3.63. The van der Waals surface area contributed by atoms with Crippen molar-refractivity contribution in [1.29, 1.82) is 0 Å². The van der Waals surface area contributed by atoms with Crippen molar-refractivity contribution < 1.29 is 0 Å². The summed E-state index contributed by atoms with van der Waals surface area (Å²) >= 11 is 6.48. The smallest absolute Gasteiger partial charge is 0.0834 e. The molecular formula is C16H29ClN4. The molecule has 1 aromatic rings. The lowest BCUT2D eigenvalue weighted by Gasteiger charge is -2.44. The van der Waals surface area contributed by atoms with Crippen molar-refractivity contribution in [3.05, 3.63) is 16.9 Å². The summed E-state index contributed by atoms with van der Waals surface area (Å²) in [6.45, 7) is 10.1. The van der Waals surface area contributed by atoms with Crippen LogP contribution in [0, 0.1) is 0 Å². The molecule has 21 heavy (non-hydrogen) atoms. The minimum atomic E-state index is 0.0699. The van der Waals surface area contributed by atoms with E-state index < -0.39 is 0 Å². The molecule has 120 valence electrons. The van der Waals surface area contributed by atoms with E-state index in [1.165, 1.54) is 25.9 Å². The first kappa shape index (κ1) is 16.8. The molecule has 0 amide bonds. The number of likely N-dealkylation sites (N-methyl/N-ethyl adjacent to an activating group) is 1. The largest absolute Gasteiger partial charge is 0.310 e. The van der Waals surface area contributed by atoms with E-state index in [-0.39, 0.29) is 11.6 Å². The van der Waals surface area contributed by atoms with Crippen LogP contribution in [0.15, 0.2) is 6.20 Å². The lowest BCUT2D eigenvalue weighted by Crippen LogP contribution is -2.53. The van der Waals surface area contributed by atoms with Crippen molar-refractivity contribution >= 4 is 11.6 Å². The number of aryl methyl sites for hydroxylation is 1. The Kier molecular flexibility index (Phi) is 5.69. The van der Waals surface area contributed by atoms with E-state index >= 15 is 0 Å². The first-order valence-electron chi connectivity index (χ1n) is 8.22. The van der Waals surface area contributed by atoms with Gasteiger partial charge < -0.3 is 5.32 Å². The second-order valence-electron chi connectivity index (χ2n) is 6.23. The van der Waals surface area contributed by atoms with Crippen LogP contribution in [0.3, 0.4) is 0 Å². The molecule has 0 radical (unpaired) electrons. The van der Waals surface area contributed by atoms with Gasteiger partial charge >= 0.3 is 0 Å². The predicted octanol–water partition coefficient (Wildman–Crippen LogP) is 3.47. The molecule has 0 bridgehead atoms. The molecule has 4 nitrogen and oxygen atoms in total. The van der Waals surface area contributed by atoms with Crippen LogP contribution in [-0.4, -0.2) is 40.4 Å². The van der Waals surface area contributed by atoms with Crippen molar-refractivity contribution in [1.82, 2.24) is 20.0 Å². The average Bonchev–Trinajstić information content (AvgIpc) is 3.13. The van der Waals surface area contributed by atoms with E-state index in [1.807, 2.05) is 7.05 Å². The summed E-state index contributed by atoms with van der Waals surface area (Å²) in [6, 6.07) is 0.196. The fraction of sp³-hybridized carbons (Fsp3) is 0.812. The zero-order valence-electron chi connectivity index (χ0n) is 13.8. The van der Waals surface area contributed by atoms with E-state index in [0.29, 0.717) is 0 Å². The molecule has 2 unspecified atom stereocenters. The maximum absolute atomic E-state index is 6.48. The molecule has 1 saturated heterocycles. The van der Waals surface area contributed by atoms with Gasteiger partial charge in [-0.15, -0.1) is 0 Å². The van der Waals surface area contributed by atoms with Crippen LogP contribution >= 0.6 is 11.6 Å². The molecule has 1 aromatic heterocycles. The van der Waals surface area contributed by atoms with Gasteiger partial charge in [-0.1, -0.05) is 25.4 Å². The molecule has 2 atom stereocenters. The van der Waals surface area contributed by atoms with Gasteiger partial charge in [-0.05, 0) is 52.7 Å². The predicted molar refractivity (Wildman–Crippen MR) is 88.8 cm³/mol. The van der Waals surface area contributed by atoms with Gasteiger partial charge in [0.15, 0.2) is 0 Å². The molecule has 1 aliphatic heterocycles. The summed E-state index contributed by atoms with van der Waals surface area (Å²) in [6.07, 6.45) is 6.54. The standard InChI is InChI=1S/C16H29ClN4/c1-5-9-21-14(13(17)12-19-21)15(18-4)16(3,6-2)20-10-7-8-11-20/h12,15,18H,5-11H2,1-4H3. The van der Waals surface area contributed by atoms with Crippen molar-refractivity contribution in [3.8, 4) is 0 Å². The molecule has 1 N–H and O–H groups in total. The van der Waals surface area contributed by atoms with E-state index in [1.54, 1.807) is 6.20 Å². The number of halogens is 1. The number of hydrogen-bond acceptors (Lipinski definition) is 3. The zero-order chi connectivity index (χ0) is 15.5. The molecule has 0 spiro atoms. The SMILES string of the molecule is CCCn1ncc(Cl)c1C(NC)C(C)(CC)N1CCCC1. The first-order valence-corrected chi connectivity index (χ1v) is 8.59. The Hall–Kier alpha value is -0.580. The minimum Gasteiger partial charge on any atom is -0.310 e. The van der Waals surface area contributed by atoms with Crippen molar-refractivity contribution in [2.24, 2.45) is 0 Å². The second kappa shape index (κ2) is 7.12. The van der Waals surface area contributed by atoms with Gasteiger partial charge in [0.25, 0.3) is 0 Å². The van der Waals surface area contributed by atoms with Crippen LogP contribution in [0.25, 0.3) is 0 Å². The summed E-state index contributed by atoms with van der Waals surface area (Å²) in [5.41, 5.74) is 1.21. The topological polar surface area (TPSA) is 33.1 Å². The van der Waals surface area contributed by atoms with Gasteiger partial charge in [0.2, 0.25) is 0 Å². The number of likely N-dealkylation sites (tertiary alicyclic amines) is 1. The average molecular weight is 313 g/mol. The number of aromatic nitrogens is 2. The van der Waals surface area contributed by atoms with Gasteiger partial charge in [0.1, 0.15) is 0 Å². The van der Waals surface area contributed by atoms with Gasteiger partial charge in [-0.2, -0.15) is 5.10 Å².